The Balaban J connectivity index is 2.03. The van der Waals surface area contributed by atoms with Crippen LogP contribution in [0, 0.1) is 0 Å². The lowest BCUT2D eigenvalue weighted by Crippen LogP contribution is -2.21. The third-order valence-electron chi connectivity index (χ3n) is 2.79. The first-order valence-electron chi connectivity index (χ1n) is 5.88. The van der Waals surface area contributed by atoms with Crippen molar-refractivity contribution in [2.45, 2.75) is 26.1 Å². The highest BCUT2D eigenvalue weighted by Crippen LogP contribution is 2.23. The van der Waals surface area contributed by atoms with Crippen LogP contribution in [0.4, 0.5) is 5.69 Å². The summed E-state index contributed by atoms with van der Waals surface area (Å²) in [7, 11) is 1.59. The molecule has 0 aliphatic heterocycles. The Morgan fingerprint density at radius 3 is 2.74 bits per heavy atom. The predicted octanol–water partition coefficient (Wildman–Crippen LogP) is 2.11. The minimum Gasteiger partial charge on any atom is -0.482 e. The Kier molecular flexibility index (Phi) is 3.71. The summed E-state index contributed by atoms with van der Waals surface area (Å²) in [5, 5.41) is 3.87. The van der Waals surface area contributed by atoms with Crippen molar-refractivity contribution in [3.63, 3.8) is 0 Å². The molecule has 0 saturated heterocycles. The molecule has 6 nitrogen and oxygen atoms in total. The zero-order chi connectivity index (χ0) is 13.9. The monoisotopic (exact) mass is 263 g/mol. The molecular formula is C13H17N3O3. The molecular weight excluding hydrogens is 246 g/mol. The van der Waals surface area contributed by atoms with Gasteiger partial charge in [-0.15, -0.1) is 0 Å². The number of hydrogen-bond acceptors (Lipinski definition) is 6. The van der Waals surface area contributed by atoms with Crippen LogP contribution < -0.4 is 10.5 Å². The molecule has 0 unspecified atom stereocenters. The van der Waals surface area contributed by atoms with Crippen molar-refractivity contribution in [1.82, 2.24) is 10.1 Å². The van der Waals surface area contributed by atoms with Gasteiger partial charge in [0.2, 0.25) is 5.82 Å². The minimum atomic E-state index is -0.590. The van der Waals surface area contributed by atoms with Gasteiger partial charge < -0.3 is 19.7 Å². The number of nitrogens with zero attached hydrogens (tertiary/aromatic N) is 2. The standard InChI is InChI=1S/C13H17N3O3/c1-13(2,17-3)12-15-11(19-16-12)8-18-10-7-5-4-6-9(10)14/h4-7H,8,14H2,1-3H3. The molecule has 1 aromatic carbocycles. The number of methoxy groups -OCH3 is 1. The summed E-state index contributed by atoms with van der Waals surface area (Å²) in [5.74, 6) is 1.45. The summed E-state index contributed by atoms with van der Waals surface area (Å²) >= 11 is 0. The summed E-state index contributed by atoms with van der Waals surface area (Å²) in [5.41, 5.74) is 5.75. The van der Waals surface area contributed by atoms with Gasteiger partial charge in [0.15, 0.2) is 6.61 Å². The second-order valence-corrected chi connectivity index (χ2v) is 4.55. The summed E-state index contributed by atoms with van der Waals surface area (Å²) < 4.78 is 15.9. The SMILES string of the molecule is COC(C)(C)c1noc(COc2ccccc2N)n1. The van der Waals surface area contributed by atoms with Crippen LogP contribution in [-0.4, -0.2) is 17.3 Å². The van der Waals surface area contributed by atoms with Crippen molar-refractivity contribution in [1.29, 1.82) is 0 Å². The van der Waals surface area contributed by atoms with E-state index >= 15 is 0 Å². The Morgan fingerprint density at radius 2 is 2.05 bits per heavy atom. The van der Waals surface area contributed by atoms with Crippen molar-refractivity contribution in [3.05, 3.63) is 36.0 Å². The molecule has 2 aromatic rings. The predicted molar refractivity (Wildman–Crippen MR) is 69.5 cm³/mol. The number of aromatic nitrogens is 2. The maximum atomic E-state index is 5.77. The molecule has 2 rings (SSSR count). The zero-order valence-corrected chi connectivity index (χ0v) is 11.2. The van der Waals surface area contributed by atoms with Crippen LogP contribution in [0.5, 0.6) is 5.75 Å². The first-order valence-corrected chi connectivity index (χ1v) is 5.88. The molecule has 0 fully saturated rings. The molecule has 19 heavy (non-hydrogen) atoms. The van der Waals surface area contributed by atoms with E-state index in [1.165, 1.54) is 0 Å². The minimum absolute atomic E-state index is 0.168. The number of rotatable bonds is 5. The van der Waals surface area contributed by atoms with Crippen LogP contribution in [0.2, 0.25) is 0 Å². The molecule has 0 saturated carbocycles. The van der Waals surface area contributed by atoms with Crippen molar-refractivity contribution < 1.29 is 14.0 Å². The Morgan fingerprint density at radius 1 is 1.32 bits per heavy atom. The van der Waals surface area contributed by atoms with Gasteiger partial charge in [0.25, 0.3) is 5.89 Å². The highest BCUT2D eigenvalue weighted by Gasteiger charge is 2.26. The van der Waals surface area contributed by atoms with Gasteiger partial charge in [0, 0.05) is 7.11 Å². The second-order valence-electron chi connectivity index (χ2n) is 4.55. The van der Waals surface area contributed by atoms with E-state index in [2.05, 4.69) is 10.1 Å². The lowest BCUT2D eigenvalue weighted by atomic mass is 10.1. The van der Waals surface area contributed by atoms with Crippen molar-refractivity contribution in [2.75, 3.05) is 12.8 Å². The van der Waals surface area contributed by atoms with Crippen LogP contribution in [0.25, 0.3) is 0 Å². The normalized spacial score (nSPS) is 11.5. The molecule has 0 atom stereocenters. The quantitative estimate of drug-likeness (QED) is 0.832. The average molecular weight is 263 g/mol. The second kappa shape index (κ2) is 5.27. The van der Waals surface area contributed by atoms with E-state index in [4.69, 9.17) is 19.7 Å². The lowest BCUT2D eigenvalue weighted by Gasteiger charge is -2.17. The Labute approximate surface area is 111 Å². The smallest absolute Gasteiger partial charge is 0.264 e. The zero-order valence-electron chi connectivity index (χ0n) is 11.2. The summed E-state index contributed by atoms with van der Waals surface area (Å²) in [6.45, 7) is 3.89. The van der Waals surface area contributed by atoms with Gasteiger partial charge in [-0.25, -0.2) is 0 Å². The highest BCUT2D eigenvalue weighted by molar-refractivity contribution is 5.51. The molecule has 0 spiro atoms. The summed E-state index contributed by atoms with van der Waals surface area (Å²) in [6.07, 6.45) is 0. The van der Waals surface area contributed by atoms with Crippen LogP contribution in [0.15, 0.2) is 28.8 Å². The molecule has 0 bridgehead atoms. The molecule has 1 heterocycles. The number of benzene rings is 1. The first kappa shape index (κ1) is 13.4. The van der Waals surface area contributed by atoms with E-state index in [0.717, 1.165) is 0 Å². The van der Waals surface area contributed by atoms with Gasteiger partial charge in [0.1, 0.15) is 11.4 Å². The molecule has 0 aliphatic rings. The van der Waals surface area contributed by atoms with E-state index in [9.17, 15) is 0 Å². The molecule has 1 aromatic heterocycles. The maximum absolute atomic E-state index is 5.77. The number of hydrogen-bond donors (Lipinski definition) is 1. The van der Waals surface area contributed by atoms with Gasteiger partial charge >= 0.3 is 0 Å². The Hall–Kier alpha value is -2.08. The fourth-order valence-corrected chi connectivity index (χ4v) is 1.40. The number of para-hydroxylation sites is 2. The first-order chi connectivity index (χ1) is 9.03. The van der Waals surface area contributed by atoms with Gasteiger partial charge in [-0.3, -0.25) is 0 Å². The number of ether oxygens (including phenoxy) is 2. The van der Waals surface area contributed by atoms with Gasteiger partial charge in [-0.05, 0) is 26.0 Å². The lowest BCUT2D eigenvalue weighted by molar-refractivity contribution is 0.00973. The van der Waals surface area contributed by atoms with Gasteiger partial charge in [0.05, 0.1) is 5.69 Å². The number of anilines is 1. The van der Waals surface area contributed by atoms with Crippen LogP contribution >= 0.6 is 0 Å². The van der Waals surface area contributed by atoms with E-state index < -0.39 is 5.60 Å². The van der Waals surface area contributed by atoms with E-state index in [0.29, 0.717) is 23.2 Å². The van der Waals surface area contributed by atoms with Gasteiger partial charge in [-0.2, -0.15) is 4.98 Å². The molecule has 0 radical (unpaired) electrons. The van der Waals surface area contributed by atoms with E-state index in [1.807, 2.05) is 26.0 Å². The molecule has 0 aliphatic carbocycles. The topological polar surface area (TPSA) is 83.4 Å². The Bertz CT molecular complexity index is 552. The molecule has 0 amide bonds. The van der Waals surface area contributed by atoms with Crippen LogP contribution in [0.3, 0.4) is 0 Å². The summed E-state index contributed by atoms with van der Waals surface area (Å²) in [4.78, 5) is 4.23. The number of nitrogen functional groups attached to an aromatic ring is 1. The number of nitrogens with two attached hydrogens (primary N) is 1. The molecule has 2 N–H and O–H groups in total. The fraction of sp³-hybridized carbons (Fsp3) is 0.385. The third kappa shape index (κ3) is 3.03. The van der Waals surface area contributed by atoms with Gasteiger partial charge in [-0.1, -0.05) is 17.3 Å². The van der Waals surface area contributed by atoms with Crippen LogP contribution in [0.1, 0.15) is 25.6 Å². The average Bonchev–Trinajstić information content (AvgIpc) is 2.87. The van der Waals surface area contributed by atoms with Crippen molar-refractivity contribution in [3.8, 4) is 5.75 Å². The highest BCUT2D eigenvalue weighted by atomic mass is 16.5. The van der Waals surface area contributed by atoms with Crippen molar-refractivity contribution >= 4 is 5.69 Å². The largest absolute Gasteiger partial charge is 0.482 e. The fourth-order valence-electron chi connectivity index (χ4n) is 1.40. The van der Waals surface area contributed by atoms with E-state index in [1.54, 1.807) is 19.2 Å². The van der Waals surface area contributed by atoms with E-state index in [-0.39, 0.29) is 6.61 Å². The third-order valence-corrected chi connectivity index (χ3v) is 2.79. The summed E-state index contributed by atoms with van der Waals surface area (Å²) in [6, 6.07) is 7.24. The van der Waals surface area contributed by atoms with Crippen LogP contribution in [-0.2, 0) is 16.9 Å². The van der Waals surface area contributed by atoms with Crippen molar-refractivity contribution in [2.24, 2.45) is 0 Å². The maximum Gasteiger partial charge on any atom is 0.264 e. The molecule has 6 heteroatoms. The molecule has 102 valence electrons.